The highest BCUT2D eigenvalue weighted by Crippen LogP contribution is 2.31. The van der Waals surface area contributed by atoms with Gasteiger partial charge in [-0.25, -0.2) is 4.39 Å². The van der Waals surface area contributed by atoms with Crippen LogP contribution in [-0.2, 0) is 11.2 Å². The highest BCUT2D eigenvalue weighted by molar-refractivity contribution is 5.83. The van der Waals surface area contributed by atoms with E-state index in [2.05, 4.69) is 20.1 Å². The summed E-state index contributed by atoms with van der Waals surface area (Å²) in [6, 6.07) is 5.54. The van der Waals surface area contributed by atoms with Gasteiger partial charge in [-0.15, -0.1) is 0 Å². The third kappa shape index (κ3) is 3.79. The third-order valence-electron chi connectivity index (χ3n) is 6.99. The zero-order valence-electron chi connectivity index (χ0n) is 18.6. The second-order valence-corrected chi connectivity index (χ2v) is 8.83. The molecule has 9 heteroatoms. The van der Waals surface area contributed by atoms with Gasteiger partial charge < -0.3 is 14.3 Å². The van der Waals surface area contributed by atoms with E-state index in [1.54, 1.807) is 13.0 Å². The van der Waals surface area contributed by atoms with Gasteiger partial charge in [0.15, 0.2) is 0 Å². The Bertz CT molecular complexity index is 1110. The zero-order chi connectivity index (χ0) is 22.2. The number of carbonyl (C=O) groups excluding carboxylic acids is 1. The van der Waals surface area contributed by atoms with Crippen LogP contribution in [0.15, 0.2) is 22.7 Å². The Labute approximate surface area is 186 Å². The minimum absolute atomic E-state index is 0.172. The Balaban J connectivity index is 1.27. The fraction of sp³-hybridized carbons (Fsp3) is 0.565. The van der Waals surface area contributed by atoms with Crippen molar-refractivity contribution in [2.75, 3.05) is 26.2 Å². The van der Waals surface area contributed by atoms with E-state index in [0.29, 0.717) is 23.9 Å². The van der Waals surface area contributed by atoms with Crippen molar-refractivity contribution in [3.05, 3.63) is 35.6 Å². The molecule has 1 amide bonds. The number of hydrogen-bond acceptors (Lipinski definition) is 6. The number of piperidine rings is 2. The quantitative estimate of drug-likeness (QED) is 0.619. The number of amides is 1. The first-order chi connectivity index (χ1) is 15.5. The van der Waals surface area contributed by atoms with Crippen LogP contribution in [0, 0.1) is 5.82 Å². The first-order valence-corrected chi connectivity index (χ1v) is 11.5. The van der Waals surface area contributed by atoms with E-state index in [9.17, 15) is 9.18 Å². The van der Waals surface area contributed by atoms with E-state index in [1.807, 2.05) is 17.9 Å². The minimum Gasteiger partial charge on any atom is -0.343 e. The summed E-state index contributed by atoms with van der Waals surface area (Å²) in [5, 5.41) is 9.46. The van der Waals surface area contributed by atoms with Crippen LogP contribution >= 0.6 is 0 Å². The molecule has 0 saturated carbocycles. The first kappa shape index (κ1) is 21.1. The van der Waals surface area contributed by atoms with E-state index in [4.69, 9.17) is 4.52 Å². The van der Waals surface area contributed by atoms with Gasteiger partial charge in [0.25, 0.3) is 5.95 Å². The van der Waals surface area contributed by atoms with Crippen molar-refractivity contribution in [2.24, 2.45) is 0 Å². The largest absolute Gasteiger partial charge is 0.343 e. The maximum atomic E-state index is 14.6. The van der Waals surface area contributed by atoms with Gasteiger partial charge in [0.05, 0.1) is 5.69 Å². The Morgan fingerprint density at radius 2 is 1.91 bits per heavy atom. The Morgan fingerprint density at radius 1 is 1.16 bits per heavy atom. The Hall–Kier alpha value is -2.81. The zero-order valence-corrected chi connectivity index (χ0v) is 18.6. The molecule has 2 fully saturated rings. The molecule has 0 radical (unpaired) electrons. The SMILES string of the molecule is CCc1nn(-c2noc(C3CCN(C4CCN(C(C)=O)CC4)CC3)n2)c2c(F)cccc12. The van der Waals surface area contributed by atoms with Gasteiger partial charge in [-0.1, -0.05) is 19.1 Å². The molecular formula is C23H29FN6O2. The molecule has 2 aliphatic rings. The van der Waals surface area contributed by atoms with Crippen LogP contribution in [0.25, 0.3) is 16.9 Å². The molecule has 2 aromatic heterocycles. The number of fused-ring (bicyclic) bond motifs is 1. The number of nitrogens with zero attached hydrogens (tertiary/aromatic N) is 6. The van der Waals surface area contributed by atoms with E-state index >= 15 is 0 Å². The average molecular weight is 441 g/mol. The second-order valence-electron chi connectivity index (χ2n) is 8.83. The number of benzene rings is 1. The Kier molecular flexibility index (Phi) is 5.67. The van der Waals surface area contributed by atoms with Crippen LogP contribution in [0.5, 0.6) is 0 Å². The molecule has 170 valence electrons. The molecule has 32 heavy (non-hydrogen) atoms. The summed E-state index contributed by atoms with van der Waals surface area (Å²) in [4.78, 5) is 20.6. The van der Waals surface area contributed by atoms with Gasteiger partial charge in [-0.2, -0.15) is 14.8 Å². The van der Waals surface area contributed by atoms with Crippen LogP contribution in [0.1, 0.15) is 57.0 Å². The standard InChI is InChI=1S/C23H29FN6O2/c1-3-20-18-5-4-6-19(24)21(18)30(26-20)23-25-22(32-27-23)16-7-11-29(12-8-16)17-9-13-28(14-10-17)15(2)31/h4-6,16-17H,3,7-14H2,1-2H3. The molecule has 0 spiro atoms. The maximum absolute atomic E-state index is 14.6. The van der Waals surface area contributed by atoms with Gasteiger partial charge >= 0.3 is 0 Å². The molecular weight excluding hydrogens is 411 g/mol. The number of aromatic nitrogens is 4. The molecule has 0 atom stereocenters. The number of carbonyl (C=O) groups is 1. The monoisotopic (exact) mass is 440 g/mol. The summed E-state index contributed by atoms with van der Waals surface area (Å²) < 4.78 is 21.6. The van der Waals surface area contributed by atoms with Gasteiger partial charge in [0, 0.05) is 37.4 Å². The molecule has 1 aromatic carbocycles. The molecule has 2 saturated heterocycles. The fourth-order valence-corrected chi connectivity index (χ4v) is 5.13. The molecule has 0 unspecified atom stereocenters. The van der Waals surface area contributed by atoms with Crippen LogP contribution in [-0.4, -0.2) is 67.8 Å². The summed E-state index contributed by atoms with van der Waals surface area (Å²) in [5.41, 5.74) is 1.21. The van der Waals surface area contributed by atoms with Crippen molar-refractivity contribution in [3.63, 3.8) is 0 Å². The molecule has 4 heterocycles. The molecule has 0 bridgehead atoms. The second kappa shape index (κ2) is 8.61. The van der Waals surface area contributed by atoms with Crippen molar-refractivity contribution in [1.82, 2.24) is 29.7 Å². The number of halogens is 1. The van der Waals surface area contributed by atoms with Crippen molar-refractivity contribution in [1.29, 1.82) is 0 Å². The third-order valence-corrected chi connectivity index (χ3v) is 6.99. The highest BCUT2D eigenvalue weighted by Gasteiger charge is 2.31. The van der Waals surface area contributed by atoms with Gasteiger partial charge in [0.1, 0.15) is 11.3 Å². The maximum Gasteiger partial charge on any atom is 0.291 e. The van der Waals surface area contributed by atoms with Gasteiger partial charge in [0.2, 0.25) is 11.8 Å². The topological polar surface area (TPSA) is 80.3 Å². The van der Waals surface area contributed by atoms with E-state index in [1.165, 1.54) is 10.7 Å². The smallest absolute Gasteiger partial charge is 0.291 e. The lowest BCUT2D eigenvalue weighted by Gasteiger charge is -2.41. The van der Waals surface area contributed by atoms with Crippen molar-refractivity contribution in [2.45, 2.75) is 57.9 Å². The van der Waals surface area contributed by atoms with Crippen LogP contribution in [0.4, 0.5) is 4.39 Å². The fourth-order valence-electron chi connectivity index (χ4n) is 5.13. The molecule has 8 nitrogen and oxygen atoms in total. The van der Waals surface area contributed by atoms with Crippen molar-refractivity contribution in [3.8, 4) is 5.95 Å². The van der Waals surface area contributed by atoms with Crippen molar-refractivity contribution >= 4 is 16.8 Å². The number of likely N-dealkylation sites (tertiary alicyclic amines) is 2. The summed E-state index contributed by atoms with van der Waals surface area (Å²) >= 11 is 0. The summed E-state index contributed by atoms with van der Waals surface area (Å²) in [6.07, 6.45) is 4.66. The molecule has 0 aliphatic carbocycles. The first-order valence-electron chi connectivity index (χ1n) is 11.5. The van der Waals surface area contributed by atoms with E-state index in [0.717, 1.165) is 62.9 Å². The van der Waals surface area contributed by atoms with Gasteiger partial charge in [-0.05, 0) is 56.4 Å². The normalized spacial score (nSPS) is 19.2. The van der Waals surface area contributed by atoms with Crippen LogP contribution in [0.2, 0.25) is 0 Å². The number of para-hydroxylation sites is 1. The van der Waals surface area contributed by atoms with Crippen molar-refractivity contribution < 1.29 is 13.7 Å². The lowest BCUT2D eigenvalue weighted by Crippen LogP contribution is -2.48. The average Bonchev–Trinajstić information content (AvgIpc) is 3.45. The number of aryl methyl sites for hydroxylation is 1. The molecule has 5 rings (SSSR count). The molecule has 3 aromatic rings. The lowest BCUT2D eigenvalue weighted by atomic mass is 9.93. The minimum atomic E-state index is -0.342. The lowest BCUT2D eigenvalue weighted by molar-refractivity contribution is -0.130. The summed E-state index contributed by atoms with van der Waals surface area (Å²) in [7, 11) is 0. The van der Waals surface area contributed by atoms with E-state index < -0.39 is 0 Å². The van der Waals surface area contributed by atoms with Gasteiger partial charge in [-0.3, -0.25) is 4.79 Å². The van der Waals surface area contributed by atoms with Crippen LogP contribution < -0.4 is 0 Å². The predicted molar refractivity (Wildman–Crippen MR) is 117 cm³/mol. The molecule has 2 aliphatic heterocycles. The summed E-state index contributed by atoms with van der Waals surface area (Å²) in [6.45, 7) is 7.30. The van der Waals surface area contributed by atoms with E-state index in [-0.39, 0.29) is 23.6 Å². The number of hydrogen-bond donors (Lipinski definition) is 0. The predicted octanol–water partition coefficient (Wildman–Crippen LogP) is 3.30. The molecule has 0 N–H and O–H groups in total. The Morgan fingerprint density at radius 3 is 2.59 bits per heavy atom. The van der Waals surface area contributed by atoms with Crippen LogP contribution in [0.3, 0.4) is 0 Å². The number of rotatable bonds is 4. The highest BCUT2D eigenvalue weighted by atomic mass is 19.1. The summed E-state index contributed by atoms with van der Waals surface area (Å²) in [5.74, 6) is 0.912.